The molecule has 2 amide bonds. The van der Waals surface area contributed by atoms with Gasteiger partial charge in [-0.3, -0.25) is 9.59 Å². The molecule has 0 heterocycles. The summed E-state index contributed by atoms with van der Waals surface area (Å²) in [6, 6.07) is -1.06. The predicted octanol–water partition coefficient (Wildman–Crippen LogP) is -1.20. The number of esters is 1. The summed E-state index contributed by atoms with van der Waals surface area (Å²) in [5.74, 6) is -0.664. The van der Waals surface area contributed by atoms with E-state index < -0.39 is 24.5 Å². The third-order valence-corrected chi connectivity index (χ3v) is 3.10. The van der Waals surface area contributed by atoms with Crippen molar-refractivity contribution in [2.45, 2.75) is 25.8 Å². The minimum absolute atomic E-state index is 0.0352. The van der Waals surface area contributed by atoms with Crippen LogP contribution in [0.1, 0.15) is 19.8 Å². The van der Waals surface area contributed by atoms with Gasteiger partial charge in [0.2, 0.25) is 11.8 Å². The van der Waals surface area contributed by atoms with Crippen LogP contribution in [0.2, 0.25) is 0 Å². The summed E-state index contributed by atoms with van der Waals surface area (Å²) in [6.07, 6.45) is 0.952. The second-order valence-electron chi connectivity index (χ2n) is 4.69. The summed E-state index contributed by atoms with van der Waals surface area (Å²) in [7, 11) is 1.17. The molecule has 3 unspecified atom stereocenters. The summed E-state index contributed by atoms with van der Waals surface area (Å²) < 4.78 is 4.41. The highest BCUT2D eigenvalue weighted by molar-refractivity contribution is 5.85. The molecule has 3 N–H and O–H groups in total. The molecule has 7 nitrogen and oxygen atoms in total. The van der Waals surface area contributed by atoms with Crippen molar-refractivity contribution in [1.82, 2.24) is 10.6 Å². The molecule has 0 bridgehead atoms. The maximum atomic E-state index is 11.5. The Morgan fingerprint density at radius 3 is 2.53 bits per heavy atom. The van der Waals surface area contributed by atoms with Crippen LogP contribution in [0.25, 0.3) is 0 Å². The first-order valence-electron chi connectivity index (χ1n) is 6.25. The Labute approximate surface area is 111 Å². The van der Waals surface area contributed by atoms with Crippen molar-refractivity contribution in [2.75, 3.05) is 20.3 Å². The largest absolute Gasteiger partial charge is 0.467 e. The van der Waals surface area contributed by atoms with Crippen molar-refractivity contribution in [3.05, 3.63) is 0 Å². The lowest BCUT2D eigenvalue weighted by atomic mass is 10.3. The SMILES string of the molecule is COC(=O)C(CO)NC(=O)CCNC(=O)C1CC1C. The van der Waals surface area contributed by atoms with Crippen LogP contribution in [0.15, 0.2) is 0 Å². The first-order valence-corrected chi connectivity index (χ1v) is 6.25. The third kappa shape index (κ3) is 4.86. The number of rotatable bonds is 7. The van der Waals surface area contributed by atoms with E-state index >= 15 is 0 Å². The van der Waals surface area contributed by atoms with Gasteiger partial charge in [0.25, 0.3) is 0 Å². The molecule has 1 fully saturated rings. The topological polar surface area (TPSA) is 105 Å². The summed E-state index contributed by atoms with van der Waals surface area (Å²) in [5, 5.41) is 13.9. The number of aliphatic hydroxyl groups excluding tert-OH is 1. The highest BCUT2D eigenvalue weighted by Crippen LogP contribution is 2.37. The number of methoxy groups -OCH3 is 1. The van der Waals surface area contributed by atoms with E-state index in [1.807, 2.05) is 6.92 Å². The Bertz CT molecular complexity index is 358. The first-order chi connectivity index (χ1) is 8.99. The molecule has 0 spiro atoms. The Morgan fingerprint density at radius 2 is 2.05 bits per heavy atom. The van der Waals surface area contributed by atoms with E-state index in [1.165, 1.54) is 7.11 Å². The molecule has 1 saturated carbocycles. The highest BCUT2D eigenvalue weighted by atomic mass is 16.5. The van der Waals surface area contributed by atoms with Crippen LogP contribution in [-0.2, 0) is 19.1 Å². The number of carbonyl (C=O) groups is 3. The maximum Gasteiger partial charge on any atom is 0.330 e. The first kappa shape index (κ1) is 15.4. The molecule has 19 heavy (non-hydrogen) atoms. The van der Waals surface area contributed by atoms with Gasteiger partial charge in [-0.15, -0.1) is 0 Å². The zero-order valence-electron chi connectivity index (χ0n) is 11.1. The highest BCUT2D eigenvalue weighted by Gasteiger charge is 2.38. The van der Waals surface area contributed by atoms with Crippen LogP contribution in [0, 0.1) is 11.8 Å². The van der Waals surface area contributed by atoms with Crippen LogP contribution in [-0.4, -0.2) is 49.2 Å². The van der Waals surface area contributed by atoms with Crippen LogP contribution in [0.4, 0.5) is 0 Å². The molecule has 0 aliphatic heterocycles. The van der Waals surface area contributed by atoms with Gasteiger partial charge in [0.1, 0.15) is 0 Å². The lowest BCUT2D eigenvalue weighted by Gasteiger charge is -2.13. The van der Waals surface area contributed by atoms with E-state index in [1.54, 1.807) is 0 Å². The number of carbonyl (C=O) groups excluding carboxylic acids is 3. The van der Waals surface area contributed by atoms with Gasteiger partial charge in [0.05, 0.1) is 13.7 Å². The monoisotopic (exact) mass is 272 g/mol. The van der Waals surface area contributed by atoms with Crippen LogP contribution in [0.5, 0.6) is 0 Å². The van der Waals surface area contributed by atoms with E-state index in [2.05, 4.69) is 15.4 Å². The number of aliphatic hydroxyl groups is 1. The minimum atomic E-state index is -1.06. The number of hydrogen-bond donors (Lipinski definition) is 3. The summed E-state index contributed by atoms with van der Waals surface area (Å²) in [5.41, 5.74) is 0. The molecule has 0 aromatic carbocycles. The van der Waals surface area contributed by atoms with Gasteiger partial charge in [-0.2, -0.15) is 0 Å². The van der Waals surface area contributed by atoms with E-state index in [0.717, 1.165) is 6.42 Å². The molecular weight excluding hydrogens is 252 g/mol. The quantitative estimate of drug-likeness (QED) is 0.505. The molecule has 7 heteroatoms. The van der Waals surface area contributed by atoms with Crippen molar-refractivity contribution >= 4 is 17.8 Å². The number of nitrogens with one attached hydrogen (secondary N) is 2. The number of amides is 2. The Balaban J connectivity index is 2.20. The number of ether oxygens (including phenoxy) is 1. The van der Waals surface area contributed by atoms with Gasteiger partial charge < -0.3 is 20.5 Å². The van der Waals surface area contributed by atoms with Crippen molar-refractivity contribution in [3.63, 3.8) is 0 Å². The minimum Gasteiger partial charge on any atom is -0.467 e. The van der Waals surface area contributed by atoms with Gasteiger partial charge in [0, 0.05) is 18.9 Å². The molecule has 0 aromatic rings. The molecule has 0 aromatic heterocycles. The van der Waals surface area contributed by atoms with Gasteiger partial charge in [0.15, 0.2) is 6.04 Å². The van der Waals surface area contributed by atoms with E-state index in [4.69, 9.17) is 5.11 Å². The molecule has 1 rings (SSSR count). The van der Waals surface area contributed by atoms with Crippen molar-refractivity contribution in [1.29, 1.82) is 0 Å². The zero-order chi connectivity index (χ0) is 14.4. The average molecular weight is 272 g/mol. The summed E-state index contributed by atoms with van der Waals surface area (Å²) >= 11 is 0. The predicted molar refractivity (Wildman–Crippen MR) is 65.9 cm³/mol. The van der Waals surface area contributed by atoms with Crippen LogP contribution in [0.3, 0.4) is 0 Å². The second kappa shape index (κ2) is 7.08. The Kier molecular flexibility index (Phi) is 5.75. The van der Waals surface area contributed by atoms with Gasteiger partial charge >= 0.3 is 5.97 Å². The Hall–Kier alpha value is -1.63. The molecule has 1 aliphatic carbocycles. The summed E-state index contributed by atoms with van der Waals surface area (Å²) in [4.78, 5) is 34.1. The van der Waals surface area contributed by atoms with Gasteiger partial charge in [-0.1, -0.05) is 6.92 Å². The van der Waals surface area contributed by atoms with E-state index in [-0.39, 0.29) is 24.8 Å². The van der Waals surface area contributed by atoms with Crippen molar-refractivity contribution < 1.29 is 24.2 Å². The standard InChI is InChI=1S/C12H20N2O5/c1-7-5-8(7)11(17)13-4-3-10(16)14-9(6-15)12(18)19-2/h7-9,15H,3-6H2,1-2H3,(H,13,17)(H,14,16). The Morgan fingerprint density at radius 1 is 1.42 bits per heavy atom. The summed E-state index contributed by atoms with van der Waals surface area (Å²) in [6.45, 7) is 1.69. The molecule has 108 valence electrons. The fraction of sp³-hybridized carbons (Fsp3) is 0.750. The van der Waals surface area contributed by atoms with Gasteiger partial charge in [-0.25, -0.2) is 4.79 Å². The van der Waals surface area contributed by atoms with E-state index in [0.29, 0.717) is 5.92 Å². The van der Waals surface area contributed by atoms with Crippen LogP contribution < -0.4 is 10.6 Å². The molecule has 1 aliphatic rings. The zero-order valence-corrected chi connectivity index (χ0v) is 11.1. The lowest BCUT2D eigenvalue weighted by molar-refractivity contribution is -0.146. The number of hydrogen-bond acceptors (Lipinski definition) is 5. The second-order valence-corrected chi connectivity index (χ2v) is 4.69. The van der Waals surface area contributed by atoms with Crippen molar-refractivity contribution in [3.8, 4) is 0 Å². The third-order valence-electron chi connectivity index (χ3n) is 3.10. The smallest absolute Gasteiger partial charge is 0.330 e. The molecular formula is C12H20N2O5. The van der Waals surface area contributed by atoms with E-state index in [9.17, 15) is 14.4 Å². The molecule has 0 saturated heterocycles. The van der Waals surface area contributed by atoms with Crippen LogP contribution >= 0.6 is 0 Å². The fourth-order valence-corrected chi connectivity index (χ4v) is 1.71. The molecule has 0 radical (unpaired) electrons. The maximum absolute atomic E-state index is 11.5. The molecule has 3 atom stereocenters. The van der Waals surface area contributed by atoms with Gasteiger partial charge in [-0.05, 0) is 12.3 Å². The average Bonchev–Trinajstić information content (AvgIpc) is 3.12. The lowest BCUT2D eigenvalue weighted by Crippen LogP contribution is -2.45. The normalized spacial score (nSPS) is 22.3. The fourth-order valence-electron chi connectivity index (χ4n) is 1.71. The van der Waals surface area contributed by atoms with Crippen molar-refractivity contribution in [2.24, 2.45) is 11.8 Å².